The maximum atomic E-state index is 12.4. The van der Waals surface area contributed by atoms with E-state index in [4.69, 9.17) is 14.2 Å². The van der Waals surface area contributed by atoms with Crippen molar-refractivity contribution in [2.75, 3.05) is 13.2 Å². The van der Waals surface area contributed by atoms with Gasteiger partial charge in [-0.3, -0.25) is 0 Å². The monoisotopic (exact) mass is 376 g/mol. The molecule has 0 bridgehead atoms. The highest BCUT2D eigenvalue weighted by atomic mass is 16.5. The Hall–Kier alpha value is -3.27. The average molecular weight is 376 g/mol. The Kier molecular flexibility index (Phi) is 6.68. The Morgan fingerprint density at radius 1 is 0.750 bits per heavy atom. The predicted octanol–water partition coefficient (Wildman–Crippen LogP) is 5.49. The molecule has 0 aliphatic rings. The molecule has 0 saturated heterocycles. The third-order valence-electron chi connectivity index (χ3n) is 4.19. The Morgan fingerprint density at radius 2 is 1.39 bits per heavy atom. The third kappa shape index (κ3) is 5.61. The highest BCUT2D eigenvalue weighted by molar-refractivity contribution is 5.91. The summed E-state index contributed by atoms with van der Waals surface area (Å²) in [7, 11) is 0. The van der Waals surface area contributed by atoms with Crippen LogP contribution >= 0.6 is 0 Å². The van der Waals surface area contributed by atoms with Crippen molar-refractivity contribution in [3.05, 3.63) is 90.0 Å². The number of benzene rings is 3. The molecule has 144 valence electrons. The Labute approximate surface area is 165 Å². The van der Waals surface area contributed by atoms with Gasteiger partial charge in [0.05, 0.1) is 5.56 Å². The maximum Gasteiger partial charge on any atom is 0.343 e. The van der Waals surface area contributed by atoms with Crippen LogP contribution in [0.2, 0.25) is 0 Å². The Balaban J connectivity index is 1.52. The van der Waals surface area contributed by atoms with Gasteiger partial charge in [-0.05, 0) is 53.9 Å². The second kappa shape index (κ2) is 9.60. The molecule has 0 atom stereocenters. The molecule has 0 saturated carbocycles. The van der Waals surface area contributed by atoms with E-state index in [1.807, 2.05) is 54.6 Å². The lowest BCUT2D eigenvalue weighted by Gasteiger charge is -2.10. The van der Waals surface area contributed by atoms with E-state index >= 15 is 0 Å². The van der Waals surface area contributed by atoms with Crippen molar-refractivity contribution in [1.29, 1.82) is 0 Å². The zero-order valence-corrected chi connectivity index (χ0v) is 16.1. The minimum atomic E-state index is -0.414. The second-order valence-corrected chi connectivity index (χ2v) is 6.65. The summed E-state index contributed by atoms with van der Waals surface area (Å²) in [6.45, 7) is 5.04. The molecule has 0 aliphatic heterocycles. The SMILES string of the molecule is CC(C)c1ccc(OC(=O)c2cccc(OCCOc3ccccc3)c2)cc1. The number of para-hydroxylation sites is 1. The van der Waals surface area contributed by atoms with Crippen LogP contribution in [0, 0.1) is 0 Å². The van der Waals surface area contributed by atoms with Gasteiger partial charge < -0.3 is 14.2 Å². The molecule has 0 N–H and O–H groups in total. The van der Waals surface area contributed by atoms with E-state index in [-0.39, 0.29) is 0 Å². The number of rotatable bonds is 8. The fourth-order valence-electron chi connectivity index (χ4n) is 2.64. The molecule has 0 spiro atoms. The molecule has 3 rings (SSSR count). The molecule has 0 amide bonds. The average Bonchev–Trinajstić information content (AvgIpc) is 2.72. The van der Waals surface area contributed by atoms with E-state index in [0.29, 0.717) is 36.2 Å². The van der Waals surface area contributed by atoms with Gasteiger partial charge in [0.15, 0.2) is 0 Å². The lowest BCUT2D eigenvalue weighted by atomic mass is 10.0. The minimum Gasteiger partial charge on any atom is -0.490 e. The molecule has 4 heteroatoms. The highest BCUT2D eigenvalue weighted by Crippen LogP contribution is 2.20. The molecule has 0 unspecified atom stereocenters. The van der Waals surface area contributed by atoms with Crippen LogP contribution < -0.4 is 14.2 Å². The highest BCUT2D eigenvalue weighted by Gasteiger charge is 2.10. The summed E-state index contributed by atoms with van der Waals surface area (Å²) in [6, 6.07) is 24.1. The number of carbonyl (C=O) groups is 1. The summed E-state index contributed by atoms with van der Waals surface area (Å²) >= 11 is 0. The number of carbonyl (C=O) groups excluding carboxylic acids is 1. The zero-order valence-electron chi connectivity index (χ0n) is 16.1. The van der Waals surface area contributed by atoms with Gasteiger partial charge >= 0.3 is 5.97 Å². The van der Waals surface area contributed by atoms with Gasteiger partial charge in [-0.25, -0.2) is 4.79 Å². The van der Waals surface area contributed by atoms with Crippen molar-refractivity contribution in [1.82, 2.24) is 0 Å². The summed E-state index contributed by atoms with van der Waals surface area (Å²) in [5, 5.41) is 0. The van der Waals surface area contributed by atoms with Crippen molar-refractivity contribution >= 4 is 5.97 Å². The van der Waals surface area contributed by atoms with E-state index in [0.717, 1.165) is 5.75 Å². The van der Waals surface area contributed by atoms with Crippen LogP contribution in [0.4, 0.5) is 0 Å². The van der Waals surface area contributed by atoms with Crippen molar-refractivity contribution in [2.45, 2.75) is 19.8 Å². The van der Waals surface area contributed by atoms with Crippen LogP contribution in [-0.2, 0) is 0 Å². The molecule has 3 aromatic carbocycles. The van der Waals surface area contributed by atoms with Crippen LogP contribution in [-0.4, -0.2) is 19.2 Å². The van der Waals surface area contributed by atoms with Gasteiger partial charge in [0.25, 0.3) is 0 Å². The van der Waals surface area contributed by atoms with Crippen molar-refractivity contribution in [2.24, 2.45) is 0 Å². The van der Waals surface area contributed by atoms with Crippen molar-refractivity contribution in [3.63, 3.8) is 0 Å². The predicted molar refractivity (Wildman–Crippen MR) is 109 cm³/mol. The summed E-state index contributed by atoms with van der Waals surface area (Å²) in [5.74, 6) is 1.94. The molecule has 0 heterocycles. The zero-order chi connectivity index (χ0) is 19.8. The minimum absolute atomic E-state index is 0.379. The fraction of sp³-hybridized carbons (Fsp3) is 0.208. The molecule has 3 aromatic rings. The summed E-state index contributed by atoms with van der Waals surface area (Å²) < 4.78 is 16.7. The van der Waals surface area contributed by atoms with Crippen LogP contribution in [0.1, 0.15) is 35.7 Å². The first-order valence-corrected chi connectivity index (χ1v) is 9.34. The largest absolute Gasteiger partial charge is 0.490 e. The van der Waals surface area contributed by atoms with Crippen LogP contribution in [0.5, 0.6) is 17.2 Å². The topological polar surface area (TPSA) is 44.8 Å². The van der Waals surface area contributed by atoms with Crippen molar-refractivity contribution in [3.8, 4) is 17.2 Å². The van der Waals surface area contributed by atoms with Gasteiger partial charge in [0, 0.05) is 0 Å². The molecule has 28 heavy (non-hydrogen) atoms. The van der Waals surface area contributed by atoms with Crippen LogP contribution in [0.15, 0.2) is 78.9 Å². The summed E-state index contributed by atoms with van der Waals surface area (Å²) in [4.78, 5) is 12.4. The van der Waals surface area contributed by atoms with Gasteiger partial charge in [0.2, 0.25) is 0 Å². The summed E-state index contributed by atoms with van der Waals surface area (Å²) in [6.07, 6.45) is 0. The van der Waals surface area contributed by atoms with Crippen LogP contribution in [0.3, 0.4) is 0 Å². The molecular formula is C24H24O4. The fourth-order valence-corrected chi connectivity index (χ4v) is 2.64. The molecule has 0 aliphatic carbocycles. The smallest absolute Gasteiger partial charge is 0.343 e. The number of hydrogen-bond donors (Lipinski definition) is 0. The molecule has 0 radical (unpaired) electrons. The normalized spacial score (nSPS) is 10.5. The number of ether oxygens (including phenoxy) is 3. The van der Waals surface area contributed by atoms with E-state index in [9.17, 15) is 4.79 Å². The van der Waals surface area contributed by atoms with Crippen molar-refractivity contribution < 1.29 is 19.0 Å². The first-order valence-electron chi connectivity index (χ1n) is 9.34. The van der Waals surface area contributed by atoms with E-state index in [2.05, 4.69) is 13.8 Å². The Morgan fingerprint density at radius 3 is 2.07 bits per heavy atom. The third-order valence-corrected chi connectivity index (χ3v) is 4.19. The summed E-state index contributed by atoms with van der Waals surface area (Å²) in [5.41, 5.74) is 1.64. The number of esters is 1. The first-order chi connectivity index (χ1) is 13.6. The quantitative estimate of drug-likeness (QED) is 0.296. The second-order valence-electron chi connectivity index (χ2n) is 6.65. The molecule has 0 fully saturated rings. The molecular weight excluding hydrogens is 352 g/mol. The van der Waals surface area contributed by atoms with Gasteiger partial charge in [0.1, 0.15) is 30.5 Å². The standard InChI is InChI=1S/C24H24O4/c1-18(2)19-11-13-22(14-12-19)28-24(25)20-7-6-10-23(17-20)27-16-15-26-21-8-4-3-5-9-21/h3-14,17-18H,15-16H2,1-2H3. The maximum absolute atomic E-state index is 12.4. The van der Waals surface area contributed by atoms with E-state index < -0.39 is 5.97 Å². The Bertz CT molecular complexity index is 886. The molecule has 0 aromatic heterocycles. The van der Waals surface area contributed by atoms with E-state index in [1.54, 1.807) is 24.3 Å². The van der Waals surface area contributed by atoms with E-state index in [1.165, 1.54) is 5.56 Å². The molecule has 4 nitrogen and oxygen atoms in total. The first kappa shape index (κ1) is 19.5. The lowest BCUT2D eigenvalue weighted by molar-refractivity contribution is 0.0734. The van der Waals surface area contributed by atoms with Gasteiger partial charge in [-0.1, -0.05) is 50.2 Å². The van der Waals surface area contributed by atoms with Gasteiger partial charge in [-0.15, -0.1) is 0 Å². The van der Waals surface area contributed by atoms with Gasteiger partial charge in [-0.2, -0.15) is 0 Å². The number of hydrogen-bond acceptors (Lipinski definition) is 4. The van der Waals surface area contributed by atoms with Crippen LogP contribution in [0.25, 0.3) is 0 Å². The lowest BCUT2D eigenvalue weighted by Crippen LogP contribution is -2.11.